The van der Waals surface area contributed by atoms with Crippen molar-refractivity contribution in [1.82, 2.24) is 9.97 Å². The van der Waals surface area contributed by atoms with Gasteiger partial charge >= 0.3 is 0 Å². The molecule has 2 aromatic carbocycles. The molecule has 1 aromatic heterocycles. The molecule has 0 bridgehead atoms. The van der Waals surface area contributed by atoms with E-state index in [9.17, 15) is 4.79 Å². The maximum atomic E-state index is 13.1. The first-order valence-corrected chi connectivity index (χ1v) is 7.60. The molecular weight excluding hydrogens is 304 g/mol. The van der Waals surface area contributed by atoms with Crippen LogP contribution in [0.5, 0.6) is 5.75 Å². The molecular formula is C18H16N4O2. The molecule has 2 heterocycles. The van der Waals surface area contributed by atoms with Crippen LogP contribution in [0.3, 0.4) is 0 Å². The Labute approximate surface area is 139 Å². The third kappa shape index (κ3) is 2.28. The lowest BCUT2D eigenvalue weighted by Crippen LogP contribution is -2.43. The average molecular weight is 320 g/mol. The minimum atomic E-state index is -0.407. The molecule has 24 heavy (non-hydrogen) atoms. The second kappa shape index (κ2) is 5.73. The molecule has 0 spiro atoms. The van der Waals surface area contributed by atoms with E-state index in [1.807, 2.05) is 48.5 Å². The number of fused-ring (bicyclic) bond motifs is 1. The van der Waals surface area contributed by atoms with Crippen molar-refractivity contribution in [1.29, 1.82) is 0 Å². The molecule has 0 unspecified atom stereocenters. The van der Waals surface area contributed by atoms with E-state index in [4.69, 9.17) is 4.74 Å². The van der Waals surface area contributed by atoms with Crippen LogP contribution in [0, 0.1) is 0 Å². The fourth-order valence-corrected chi connectivity index (χ4v) is 2.88. The number of methoxy groups -OCH3 is 1. The van der Waals surface area contributed by atoms with E-state index in [1.54, 1.807) is 24.4 Å². The highest BCUT2D eigenvalue weighted by atomic mass is 16.5. The molecule has 0 radical (unpaired) electrons. The highest BCUT2D eigenvalue weighted by molar-refractivity contribution is 6.12. The number of amides is 1. The molecule has 4 rings (SSSR count). The Kier molecular flexibility index (Phi) is 3.42. The van der Waals surface area contributed by atoms with Crippen molar-refractivity contribution in [2.24, 2.45) is 0 Å². The third-order valence-electron chi connectivity index (χ3n) is 4.06. The minimum Gasteiger partial charge on any atom is -0.497 e. The average Bonchev–Trinajstić information content (AvgIpc) is 3.16. The predicted molar refractivity (Wildman–Crippen MR) is 91.2 cm³/mol. The standard InChI is InChI=1S/C18H16N4O2/c1-24-13-8-6-12(7-9-13)22-17(16-19-10-11-20-16)21-15-5-3-2-4-14(15)18(22)23/h2-11,17,21H,1H3,(H,19,20)/t17-/m1/s1. The molecule has 0 fully saturated rings. The molecule has 1 atom stereocenters. The number of aromatic nitrogens is 2. The number of nitrogens with zero attached hydrogens (tertiary/aromatic N) is 2. The highest BCUT2D eigenvalue weighted by Crippen LogP contribution is 2.35. The largest absolute Gasteiger partial charge is 0.497 e. The summed E-state index contributed by atoms with van der Waals surface area (Å²) in [5, 5.41) is 3.39. The lowest BCUT2D eigenvalue weighted by molar-refractivity contribution is 0.0974. The van der Waals surface area contributed by atoms with Crippen LogP contribution < -0.4 is 15.0 Å². The number of carbonyl (C=O) groups excluding carboxylic acids is 1. The van der Waals surface area contributed by atoms with E-state index in [2.05, 4.69) is 15.3 Å². The third-order valence-corrected chi connectivity index (χ3v) is 4.06. The van der Waals surface area contributed by atoms with E-state index in [0.717, 1.165) is 17.1 Å². The van der Waals surface area contributed by atoms with Crippen LogP contribution in [-0.2, 0) is 0 Å². The first-order chi connectivity index (χ1) is 11.8. The number of benzene rings is 2. The lowest BCUT2D eigenvalue weighted by atomic mass is 10.1. The fraction of sp³-hybridized carbons (Fsp3) is 0.111. The number of rotatable bonds is 3. The summed E-state index contributed by atoms with van der Waals surface area (Å²) in [6, 6.07) is 14.9. The van der Waals surface area contributed by atoms with Gasteiger partial charge in [-0.2, -0.15) is 0 Å². The topological polar surface area (TPSA) is 70.2 Å². The van der Waals surface area contributed by atoms with Gasteiger partial charge in [0.2, 0.25) is 0 Å². The number of ether oxygens (including phenoxy) is 1. The Balaban J connectivity index is 1.82. The second-order valence-corrected chi connectivity index (χ2v) is 5.44. The van der Waals surface area contributed by atoms with Crippen molar-refractivity contribution in [2.45, 2.75) is 6.17 Å². The van der Waals surface area contributed by atoms with Crippen LogP contribution in [0.25, 0.3) is 0 Å². The summed E-state index contributed by atoms with van der Waals surface area (Å²) in [7, 11) is 1.62. The fourth-order valence-electron chi connectivity index (χ4n) is 2.88. The van der Waals surface area contributed by atoms with E-state index < -0.39 is 6.17 Å². The summed E-state index contributed by atoms with van der Waals surface area (Å²) < 4.78 is 5.20. The molecule has 0 aliphatic carbocycles. The van der Waals surface area contributed by atoms with E-state index in [1.165, 1.54) is 0 Å². The van der Waals surface area contributed by atoms with Gasteiger partial charge < -0.3 is 15.0 Å². The van der Waals surface area contributed by atoms with E-state index in [0.29, 0.717) is 11.4 Å². The molecule has 0 saturated heterocycles. The maximum absolute atomic E-state index is 13.1. The molecule has 3 aromatic rings. The summed E-state index contributed by atoms with van der Waals surface area (Å²) in [4.78, 5) is 22.2. The molecule has 1 amide bonds. The number of hydrogen-bond acceptors (Lipinski definition) is 4. The molecule has 1 aliphatic rings. The molecule has 120 valence electrons. The van der Waals surface area contributed by atoms with Crippen molar-refractivity contribution in [3.63, 3.8) is 0 Å². The smallest absolute Gasteiger partial charge is 0.262 e. The van der Waals surface area contributed by atoms with Gasteiger partial charge in [-0.3, -0.25) is 9.69 Å². The Hall–Kier alpha value is -3.28. The lowest BCUT2D eigenvalue weighted by Gasteiger charge is -2.36. The van der Waals surface area contributed by atoms with Gasteiger partial charge in [0, 0.05) is 23.8 Å². The molecule has 6 nitrogen and oxygen atoms in total. The SMILES string of the molecule is COc1ccc(N2C(=O)c3ccccc3N[C@H]2c2ncc[nH]2)cc1. The zero-order chi connectivity index (χ0) is 16.5. The number of carbonyl (C=O) groups is 1. The van der Waals surface area contributed by atoms with Crippen molar-refractivity contribution in [3.8, 4) is 5.75 Å². The Morgan fingerprint density at radius 1 is 1.12 bits per heavy atom. The van der Waals surface area contributed by atoms with E-state index >= 15 is 0 Å². The number of imidazole rings is 1. The van der Waals surface area contributed by atoms with Crippen molar-refractivity contribution >= 4 is 17.3 Å². The quantitative estimate of drug-likeness (QED) is 0.777. The number of nitrogens with one attached hydrogen (secondary N) is 2. The van der Waals surface area contributed by atoms with E-state index in [-0.39, 0.29) is 5.91 Å². The molecule has 2 N–H and O–H groups in total. The highest BCUT2D eigenvalue weighted by Gasteiger charge is 2.35. The molecule has 6 heteroatoms. The number of H-pyrrole nitrogens is 1. The Morgan fingerprint density at radius 3 is 2.62 bits per heavy atom. The van der Waals surface area contributed by atoms with Crippen LogP contribution in [0.15, 0.2) is 60.9 Å². The Bertz CT molecular complexity index is 859. The van der Waals surface area contributed by atoms with Gasteiger partial charge in [0.25, 0.3) is 5.91 Å². The summed E-state index contributed by atoms with van der Waals surface area (Å²) in [5.41, 5.74) is 2.20. The maximum Gasteiger partial charge on any atom is 0.262 e. The molecule has 1 aliphatic heterocycles. The summed E-state index contributed by atoms with van der Waals surface area (Å²) in [6.45, 7) is 0. The minimum absolute atomic E-state index is 0.0732. The van der Waals surface area contributed by atoms with Crippen LogP contribution in [-0.4, -0.2) is 23.0 Å². The van der Waals surface area contributed by atoms with Crippen LogP contribution in [0.2, 0.25) is 0 Å². The van der Waals surface area contributed by atoms with Crippen LogP contribution in [0.4, 0.5) is 11.4 Å². The normalized spacial score (nSPS) is 16.5. The monoisotopic (exact) mass is 320 g/mol. The summed E-state index contributed by atoms with van der Waals surface area (Å²) in [5.74, 6) is 1.34. The summed E-state index contributed by atoms with van der Waals surface area (Å²) >= 11 is 0. The zero-order valence-corrected chi connectivity index (χ0v) is 13.1. The van der Waals surface area contributed by atoms with Crippen molar-refractivity contribution in [2.75, 3.05) is 17.3 Å². The number of hydrogen-bond donors (Lipinski definition) is 2. The Morgan fingerprint density at radius 2 is 1.92 bits per heavy atom. The van der Waals surface area contributed by atoms with Gasteiger partial charge in [0.1, 0.15) is 11.6 Å². The zero-order valence-electron chi connectivity index (χ0n) is 13.1. The first kappa shape index (κ1) is 14.3. The van der Waals surface area contributed by atoms with Gasteiger partial charge in [-0.15, -0.1) is 0 Å². The predicted octanol–water partition coefficient (Wildman–Crippen LogP) is 3.19. The van der Waals surface area contributed by atoms with Gasteiger partial charge in [0.15, 0.2) is 6.17 Å². The van der Waals surface area contributed by atoms with Gasteiger partial charge in [-0.05, 0) is 36.4 Å². The van der Waals surface area contributed by atoms with Gasteiger partial charge in [-0.25, -0.2) is 4.98 Å². The van der Waals surface area contributed by atoms with Crippen molar-refractivity contribution < 1.29 is 9.53 Å². The second-order valence-electron chi connectivity index (χ2n) is 5.44. The van der Waals surface area contributed by atoms with Crippen LogP contribution in [0.1, 0.15) is 22.3 Å². The summed E-state index contributed by atoms with van der Waals surface area (Å²) in [6.07, 6.45) is 3.01. The van der Waals surface area contributed by atoms with Gasteiger partial charge in [0.05, 0.1) is 12.7 Å². The van der Waals surface area contributed by atoms with Gasteiger partial charge in [-0.1, -0.05) is 12.1 Å². The van der Waals surface area contributed by atoms with Crippen LogP contribution >= 0.6 is 0 Å². The number of para-hydroxylation sites is 1. The number of aromatic amines is 1. The molecule has 0 saturated carbocycles. The number of anilines is 2. The first-order valence-electron chi connectivity index (χ1n) is 7.60. The van der Waals surface area contributed by atoms with Crippen molar-refractivity contribution in [3.05, 3.63) is 72.3 Å².